The van der Waals surface area contributed by atoms with Crippen LogP contribution in [0.25, 0.3) is 0 Å². The number of likely N-dealkylation sites (tertiary alicyclic amines) is 1. The zero-order chi connectivity index (χ0) is 23.5. The van der Waals surface area contributed by atoms with E-state index in [1.807, 2.05) is 0 Å². The van der Waals surface area contributed by atoms with E-state index in [2.05, 4.69) is 10.6 Å². The Morgan fingerprint density at radius 3 is 2.35 bits per heavy atom. The molecule has 170 valence electrons. The third-order valence-corrected chi connectivity index (χ3v) is 5.53. The first-order valence-electron chi connectivity index (χ1n) is 10.3. The number of hydrogen-bond donors (Lipinski definition) is 3. The monoisotopic (exact) mass is 451 g/mol. The number of carbonyl (C=O) groups excluding carboxylic acids is 3. The molecule has 0 unspecified atom stereocenters. The molecule has 1 heterocycles. The molecule has 1 aliphatic heterocycles. The smallest absolute Gasteiger partial charge is 0.326 e. The molecule has 1 saturated heterocycles. The Hall–Kier alpha value is -2.61. The molecule has 0 saturated carbocycles. The number of halogens is 1. The number of carboxylic acids is 1. The predicted molar refractivity (Wildman–Crippen MR) is 118 cm³/mol. The van der Waals surface area contributed by atoms with Gasteiger partial charge in [-0.15, -0.1) is 0 Å². The second-order valence-electron chi connectivity index (χ2n) is 9.14. The fourth-order valence-corrected chi connectivity index (χ4v) is 3.64. The van der Waals surface area contributed by atoms with Crippen LogP contribution in [0.15, 0.2) is 18.2 Å². The lowest BCUT2D eigenvalue weighted by Gasteiger charge is -2.35. The van der Waals surface area contributed by atoms with E-state index in [4.69, 9.17) is 11.6 Å². The second-order valence-corrected chi connectivity index (χ2v) is 9.55. The average Bonchev–Trinajstić information content (AvgIpc) is 3.14. The van der Waals surface area contributed by atoms with Crippen molar-refractivity contribution in [1.29, 1.82) is 0 Å². The quantitative estimate of drug-likeness (QED) is 0.614. The van der Waals surface area contributed by atoms with Crippen LogP contribution >= 0.6 is 11.6 Å². The fourth-order valence-electron chi connectivity index (χ4n) is 3.37. The number of hydrogen-bond acceptors (Lipinski definition) is 4. The number of carboxylic acid groups (broad SMARTS) is 1. The van der Waals surface area contributed by atoms with Crippen LogP contribution in [0.5, 0.6) is 0 Å². The molecule has 0 radical (unpaired) electrons. The molecule has 0 aromatic heterocycles. The van der Waals surface area contributed by atoms with Gasteiger partial charge >= 0.3 is 5.97 Å². The summed E-state index contributed by atoms with van der Waals surface area (Å²) in [6.07, 6.45) is 0.990. The maximum Gasteiger partial charge on any atom is 0.326 e. The van der Waals surface area contributed by atoms with Crippen LogP contribution in [0.4, 0.5) is 5.69 Å². The Balaban J connectivity index is 2.22. The van der Waals surface area contributed by atoms with Crippen LogP contribution < -0.4 is 10.6 Å². The fraction of sp³-hybridized carbons (Fsp3) is 0.545. The maximum atomic E-state index is 13.2. The molecule has 1 aliphatic rings. The minimum Gasteiger partial charge on any atom is -0.480 e. The van der Waals surface area contributed by atoms with Crippen molar-refractivity contribution in [3.63, 3.8) is 0 Å². The van der Waals surface area contributed by atoms with Crippen molar-refractivity contribution in [3.05, 3.63) is 28.8 Å². The topological polar surface area (TPSA) is 116 Å². The molecular weight excluding hydrogens is 422 g/mol. The molecule has 0 bridgehead atoms. The molecule has 3 amide bonds. The third kappa shape index (κ3) is 5.97. The average molecular weight is 452 g/mol. The van der Waals surface area contributed by atoms with Crippen LogP contribution in [-0.2, 0) is 14.4 Å². The van der Waals surface area contributed by atoms with Crippen molar-refractivity contribution in [2.75, 3.05) is 11.9 Å². The summed E-state index contributed by atoms with van der Waals surface area (Å²) >= 11 is 6.27. The van der Waals surface area contributed by atoms with E-state index in [0.29, 0.717) is 25.1 Å². The molecule has 1 fully saturated rings. The highest BCUT2D eigenvalue weighted by Crippen LogP contribution is 2.27. The number of nitrogens with one attached hydrogen (secondary N) is 2. The summed E-state index contributed by atoms with van der Waals surface area (Å²) in [5, 5.41) is 15.0. The standard InChI is InChI=1S/C22H30ClN3O5/c1-12(2)18(27)24-13-8-9-14(15(23)11-13)19(28)25-17(22(3,4)5)20(29)26-10-6-7-16(26)21(30)31/h8-9,11-12,16-17H,6-7,10H2,1-5H3,(H,24,27)(H,25,28)(H,30,31)/t16-,17+/m0/s1. The highest BCUT2D eigenvalue weighted by molar-refractivity contribution is 6.34. The van der Waals surface area contributed by atoms with Crippen LogP contribution in [0.1, 0.15) is 57.8 Å². The number of nitrogens with zero attached hydrogens (tertiary/aromatic N) is 1. The minimum absolute atomic E-state index is 0.128. The van der Waals surface area contributed by atoms with Gasteiger partial charge in [0.1, 0.15) is 12.1 Å². The largest absolute Gasteiger partial charge is 0.480 e. The van der Waals surface area contributed by atoms with Gasteiger partial charge < -0.3 is 20.6 Å². The summed E-state index contributed by atoms with van der Waals surface area (Å²) in [4.78, 5) is 50.8. The molecule has 3 N–H and O–H groups in total. The number of anilines is 1. The van der Waals surface area contributed by atoms with Crippen molar-refractivity contribution in [1.82, 2.24) is 10.2 Å². The Morgan fingerprint density at radius 1 is 1.19 bits per heavy atom. The summed E-state index contributed by atoms with van der Waals surface area (Å²) in [5.41, 5.74) is -0.0386. The third-order valence-electron chi connectivity index (χ3n) is 5.21. The molecule has 1 aromatic rings. The molecule has 2 rings (SSSR count). The number of rotatable bonds is 6. The first-order valence-corrected chi connectivity index (χ1v) is 10.6. The number of benzene rings is 1. The predicted octanol–water partition coefficient (Wildman–Crippen LogP) is 3.15. The van der Waals surface area contributed by atoms with Gasteiger partial charge in [0.2, 0.25) is 11.8 Å². The van der Waals surface area contributed by atoms with Crippen molar-refractivity contribution in [3.8, 4) is 0 Å². The van der Waals surface area contributed by atoms with Crippen molar-refractivity contribution in [2.24, 2.45) is 11.3 Å². The van der Waals surface area contributed by atoms with Crippen molar-refractivity contribution in [2.45, 2.75) is 59.5 Å². The zero-order valence-corrected chi connectivity index (χ0v) is 19.2. The van der Waals surface area contributed by atoms with Gasteiger partial charge in [-0.1, -0.05) is 46.2 Å². The van der Waals surface area contributed by atoms with Crippen LogP contribution in [-0.4, -0.2) is 52.3 Å². The van der Waals surface area contributed by atoms with E-state index in [0.717, 1.165) is 0 Å². The van der Waals surface area contributed by atoms with Gasteiger partial charge in [-0.3, -0.25) is 14.4 Å². The summed E-state index contributed by atoms with van der Waals surface area (Å²) in [7, 11) is 0. The van der Waals surface area contributed by atoms with E-state index in [1.54, 1.807) is 40.7 Å². The Labute approximate surface area is 187 Å². The summed E-state index contributed by atoms with van der Waals surface area (Å²) < 4.78 is 0. The lowest BCUT2D eigenvalue weighted by atomic mass is 9.85. The Morgan fingerprint density at radius 2 is 1.84 bits per heavy atom. The molecule has 1 aromatic carbocycles. The summed E-state index contributed by atoms with van der Waals surface area (Å²) in [5.74, 6) is -2.41. The molecule has 31 heavy (non-hydrogen) atoms. The maximum absolute atomic E-state index is 13.2. The zero-order valence-electron chi connectivity index (χ0n) is 18.5. The van der Waals surface area contributed by atoms with Gasteiger partial charge in [0.15, 0.2) is 0 Å². The van der Waals surface area contributed by atoms with E-state index >= 15 is 0 Å². The molecule has 9 heteroatoms. The van der Waals surface area contributed by atoms with Crippen LogP contribution in [0.2, 0.25) is 5.02 Å². The van der Waals surface area contributed by atoms with Gasteiger partial charge in [-0.25, -0.2) is 4.79 Å². The molecule has 0 aliphatic carbocycles. The number of carbonyl (C=O) groups is 4. The van der Waals surface area contributed by atoms with Gasteiger partial charge in [-0.05, 0) is 36.5 Å². The van der Waals surface area contributed by atoms with Crippen LogP contribution in [0, 0.1) is 11.3 Å². The second kappa shape index (κ2) is 9.68. The first kappa shape index (κ1) is 24.7. The number of aliphatic carboxylic acids is 1. The van der Waals surface area contributed by atoms with E-state index in [9.17, 15) is 24.3 Å². The lowest BCUT2D eigenvalue weighted by Crippen LogP contribution is -2.56. The van der Waals surface area contributed by atoms with E-state index < -0.39 is 35.3 Å². The highest BCUT2D eigenvalue weighted by atomic mass is 35.5. The molecule has 0 spiro atoms. The van der Waals surface area contributed by atoms with Gasteiger partial charge in [0.05, 0.1) is 10.6 Å². The van der Waals surface area contributed by atoms with Crippen molar-refractivity contribution < 1.29 is 24.3 Å². The summed E-state index contributed by atoms with van der Waals surface area (Å²) in [6.45, 7) is 9.26. The van der Waals surface area contributed by atoms with Crippen LogP contribution in [0.3, 0.4) is 0 Å². The highest BCUT2D eigenvalue weighted by Gasteiger charge is 2.42. The van der Waals surface area contributed by atoms with Gasteiger partial charge in [-0.2, -0.15) is 0 Å². The van der Waals surface area contributed by atoms with Gasteiger partial charge in [0.25, 0.3) is 5.91 Å². The first-order chi connectivity index (χ1) is 14.3. The molecule has 8 nitrogen and oxygen atoms in total. The Bertz CT molecular complexity index is 878. The van der Waals surface area contributed by atoms with E-state index in [-0.39, 0.29) is 22.4 Å². The molecule has 2 atom stereocenters. The van der Waals surface area contributed by atoms with Crippen molar-refractivity contribution >= 4 is 41.0 Å². The minimum atomic E-state index is -1.05. The normalized spacial score (nSPS) is 17.4. The number of amides is 3. The SMILES string of the molecule is CC(C)C(=O)Nc1ccc(C(=O)N[C@H](C(=O)N2CCC[C@H]2C(=O)O)C(C)(C)C)c(Cl)c1. The van der Waals surface area contributed by atoms with E-state index in [1.165, 1.54) is 17.0 Å². The lowest BCUT2D eigenvalue weighted by molar-refractivity contribution is -0.150. The summed E-state index contributed by atoms with van der Waals surface area (Å²) in [6, 6.07) is 2.70. The Kier molecular flexibility index (Phi) is 7.70. The van der Waals surface area contributed by atoms with Gasteiger partial charge in [0, 0.05) is 18.2 Å². The molecular formula is C22H30ClN3O5.